The van der Waals surface area contributed by atoms with Crippen molar-refractivity contribution in [3.63, 3.8) is 0 Å². The molecule has 19 heavy (non-hydrogen) atoms. The molecule has 0 fully saturated rings. The molecular weight excluding hydrogens is 242 g/mol. The summed E-state index contributed by atoms with van der Waals surface area (Å²) in [7, 11) is 0. The number of aryl methyl sites for hydroxylation is 1. The lowest BCUT2D eigenvalue weighted by molar-refractivity contribution is 0.402. The number of hydrogen-bond acceptors (Lipinski definition) is 4. The van der Waals surface area contributed by atoms with Crippen molar-refractivity contribution in [1.82, 2.24) is 24.9 Å². The van der Waals surface area contributed by atoms with Gasteiger partial charge in [0.05, 0.1) is 0 Å². The average Bonchev–Trinajstić information content (AvgIpc) is 2.70. The van der Waals surface area contributed by atoms with Crippen LogP contribution >= 0.6 is 0 Å². The number of aromatic nitrogens is 4. The fraction of sp³-hybridized carbons (Fsp3) is 0.615. The number of hydrogen-bond donors (Lipinski definition) is 2. The van der Waals surface area contributed by atoms with E-state index >= 15 is 0 Å². The number of likely N-dealkylation sites (N-methyl/N-ethyl adjacent to an activating group) is 1. The van der Waals surface area contributed by atoms with Gasteiger partial charge in [-0.15, -0.1) is 0 Å². The molecule has 0 spiro atoms. The molecular formula is C13H21N5O. The van der Waals surface area contributed by atoms with Crippen molar-refractivity contribution in [2.45, 2.75) is 40.2 Å². The first-order chi connectivity index (χ1) is 9.02. The third-order valence-electron chi connectivity index (χ3n) is 3.32. The molecule has 2 aromatic rings. The molecule has 2 aromatic heterocycles. The average molecular weight is 263 g/mol. The van der Waals surface area contributed by atoms with Crippen molar-refractivity contribution in [3.8, 4) is 0 Å². The lowest BCUT2D eigenvalue weighted by Gasteiger charge is -2.21. The Hall–Kier alpha value is -1.69. The van der Waals surface area contributed by atoms with Crippen LogP contribution in [-0.4, -0.2) is 32.2 Å². The summed E-state index contributed by atoms with van der Waals surface area (Å²) in [4.78, 5) is 16.0. The molecule has 1 unspecified atom stereocenters. The van der Waals surface area contributed by atoms with Gasteiger partial charge in [0, 0.05) is 24.2 Å². The lowest BCUT2D eigenvalue weighted by Crippen LogP contribution is -2.36. The molecule has 0 saturated carbocycles. The topological polar surface area (TPSA) is 75.1 Å². The van der Waals surface area contributed by atoms with Gasteiger partial charge in [0.2, 0.25) is 0 Å². The van der Waals surface area contributed by atoms with Crippen LogP contribution in [-0.2, 0) is 6.42 Å². The van der Waals surface area contributed by atoms with Crippen LogP contribution in [0.1, 0.15) is 32.3 Å². The molecule has 6 nitrogen and oxygen atoms in total. The summed E-state index contributed by atoms with van der Waals surface area (Å²) in [5, 5.41) is 9.92. The Morgan fingerprint density at radius 2 is 2.21 bits per heavy atom. The Morgan fingerprint density at radius 1 is 1.47 bits per heavy atom. The van der Waals surface area contributed by atoms with E-state index in [2.05, 4.69) is 41.3 Å². The first kappa shape index (κ1) is 13.7. The van der Waals surface area contributed by atoms with Crippen molar-refractivity contribution < 1.29 is 0 Å². The quantitative estimate of drug-likeness (QED) is 0.840. The highest BCUT2D eigenvalue weighted by Crippen LogP contribution is 2.10. The summed E-state index contributed by atoms with van der Waals surface area (Å²) < 4.78 is 1.49. The molecule has 0 aliphatic carbocycles. The van der Waals surface area contributed by atoms with Gasteiger partial charge in [-0.05, 0) is 19.4 Å². The summed E-state index contributed by atoms with van der Waals surface area (Å²) in [6.07, 6.45) is 0.837. The molecule has 2 N–H and O–H groups in total. The van der Waals surface area contributed by atoms with Crippen LogP contribution in [0.2, 0.25) is 0 Å². The second-order valence-electron chi connectivity index (χ2n) is 5.13. The molecule has 104 valence electrons. The molecule has 2 heterocycles. The van der Waals surface area contributed by atoms with Gasteiger partial charge in [-0.3, -0.25) is 0 Å². The van der Waals surface area contributed by atoms with E-state index in [0.29, 0.717) is 23.4 Å². The Morgan fingerprint density at radius 3 is 2.84 bits per heavy atom. The second kappa shape index (κ2) is 5.52. The molecule has 0 radical (unpaired) electrons. The second-order valence-corrected chi connectivity index (χ2v) is 5.13. The number of aromatic amines is 1. The van der Waals surface area contributed by atoms with Crippen molar-refractivity contribution in [2.75, 3.05) is 6.54 Å². The summed E-state index contributed by atoms with van der Waals surface area (Å²) in [6.45, 7) is 9.25. The highest BCUT2D eigenvalue weighted by atomic mass is 16.1. The van der Waals surface area contributed by atoms with E-state index in [9.17, 15) is 4.79 Å². The number of nitrogens with zero attached hydrogens (tertiary/aromatic N) is 3. The van der Waals surface area contributed by atoms with E-state index in [4.69, 9.17) is 0 Å². The van der Waals surface area contributed by atoms with Crippen molar-refractivity contribution in [1.29, 1.82) is 0 Å². The SMILES string of the molecule is CCNC(Cc1cc2n[nH]c(=O)n2c(C)n1)C(C)C. The molecule has 0 aromatic carbocycles. The third-order valence-corrected chi connectivity index (χ3v) is 3.32. The van der Waals surface area contributed by atoms with Gasteiger partial charge in [-0.1, -0.05) is 20.8 Å². The zero-order chi connectivity index (χ0) is 14.0. The maximum Gasteiger partial charge on any atom is 0.349 e. The van der Waals surface area contributed by atoms with Crippen LogP contribution < -0.4 is 11.0 Å². The highest BCUT2D eigenvalue weighted by Gasteiger charge is 2.15. The zero-order valence-corrected chi connectivity index (χ0v) is 11.9. The first-order valence-corrected chi connectivity index (χ1v) is 6.70. The third kappa shape index (κ3) is 2.84. The number of nitrogens with one attached hydrogen (secondary N) is 2. The predicted octanol–water partition coefficient (Wildman–Crippen LogP) is 0.903. The van der Waals surface area contributed by atoms with E-state index in [1.165, 1.54) is 4.40 Å². The van der Waals surface area contributed by atoms with E-state index in [0.717, 1.165) is 18.7 Å². The minimum atomic E-state index is -0.237. The Kier molecular flexibility index (Phi) is 3.99. The van der Waals surface area contributed by atoms with Gasteiger partial charge in [0.15, 0.2) is 5.65 Å². The standard InChI is InChI=1S/C13H21N5O/c1-5-14-11(8(2)3)6-10-7-12-16-17-13(19)18(12)9(4)15-10/h7-8,11,14H,5-6H2,1-4H3,(H,17,19). The number of fused-ring (bicyclic) bond motifs is 1. The molecule has 2 rings (SSSR count). The van der Waals surface area contributed by atoms with Crippen LogP contribution in [0.5, 0.6) is 0 Å². The monoisotopic (exact) mass is 263 g/mol. The Labute approximate surface area is 112 Å². The van der Waals surface area contributed by atoms with Gasteiger partial charge >= 0.3 is 5.69 Å². The van der Waals surface area contributed by atoms with E-state index in [1.54, 1.807) is 0 Å². The molecule has 0 bridgehead atoms. The summed E-state index contributed by atoms with van der Waals surface area (Å²) >= 11 is 0. The molecule has 0 aliphatic heterocycles. The van der Waals surface area contributed by atoms with Gasteiger partial charge < -0.3 is 5.32 Å². The van der Waals surface area contributed by atoms with Crippen molar-refractivity contribution in [2.24, 2.45) is 5.92 Å². The van der Waals surface area contributed by atoms with Gasteiger partial charge in [0.1, 0.15) is 5.82 Å². The Balaban J connectivity index is 2.32. The summed E-state index contributed by atoms with van der Waals surface area (Å²) in [6, 6.07) is 2.25. The van der Waals surface area contributed by atoms with Crippen LogP contribution in [0.3, 0.4) is 0 Å². The number of rotatable bonds is 5. The van der Waals surface area contributed by atoms with Crippen LogP contribution in [0.4, 0.5) is 0 Å². The van der Waals surface area contributed by atoms with Gasteiger partial charge in [0.25, 0.3) is 0 Å². The molecule has 6 heteroatoms. The highest BCUT2D eigenvalue weighted by molar-refractivity contribution is 5.38. The van der Waals surface area contributed by atoms with Crippen molar-refractivity contribution >= 4 is 5.65 Å². The normalized spacial score (nSPS) is 13.3. The van der Waals surface area contributed by atoms with Crippen LogP contribution in [0, 0.1) is 12.8 Å². The Bertz CT molecular complexity index is 613. The molecule has 0 saturated heterocycles. The minimum Gasteiger partial charge on any atom is -0.314 e. The maximum atomic E-state index is 11.5. The fourth-order valence-corrected chi connectivity index (χ4v) is 2.29. The first-order valence-electron chi connectivity index (χ1n) is 6.70. The fourth-order valence-electron chi connectivity index (χ4n) is 2.29. The molecule has 0 aliphatic rings. The van der Waals surface area contributed by atoms with Crippen LogP contribution in [0.25, 0.3) is 5.65 Å². The predicted molar refractivity (Wildman–Crippen MR) is 74.4 cm³/mol. The van der Waals surface area contributed by atoms with Crippen LogP contribution in [0.15, 0.2) is 10.9 Å². The van der Waals surface area contributed by atoms with E-state index < -0.39 is 0 Å². The lowest BCUT2D eigenvalue weighted by atomic mass is 9.99. The smallest absolute Gasteiger partial charge is 0.314 e. The largest absolute Gasteiger partial charge is 0.349 e. The summed E-state index contributed by atoms with van der Waals surface area (Å²) in [5.41, 5.74) is 1.36. The molecule has 0 amide bonds. The van der Waals surface area contributed by atoms with Gasteiger partial charge in [-0.2, -0.15) is 5.10 Å². The van der Waals surface area contributed by atoms with E-state index in [-0.39, 0.29) is 5.69 Å². The van der Waals surface area contributed by atoms with Gasteiger partial charge in [-0.25, -0.2) is 19.3 Å². The van der Waals surface area contributed by atoms with Crippen molar-refractivity contribution in [3.05, 3.63) is 28.1 Å². The summed E-state index contributed by atoms with van der Waals surface area (Å²) in [5.74, 6) is 1.20. The van der Waals surface area contributed by atoms with E-state index in [1.807, 2.05) is 13.0 Å². The maximum absolute atomic E-state index is 11.5. The molecule has 1 atom stereocenters. The zero-order valence-electron chi connectivity index (χ0n) is 11.9. The minimum absolute atomic E-state index is 0.237. The number of H-pyrrole nitrogens is 1.